The quantitative estimate of drug-likeness (QED) is 0.925. The number of aromatic nitrogens is 1. The van der Waals surface area contributed by atoms with Crippen LogP contribution in [-0.2, 0) is 0 Å². The van der Waals surface area contributed by atoms with E-state index in [0.29, 0.717) is 10.7 Å². The van der Waals surface area contributed by atoms with Gasteiger partial charge in [-0.05, 0) is 19.1 Å². The fourth-order valence-electron chi connectivity index (χ4n) is 2.42. The Hall–Kier alpha value is -1.43. The normalized spacial score (nSPS) is 18.8. The smallest absolute Gasteiger partial charge is 0.273 e. The molecule has 4 nitrogen and oxygen atoms in total. The highest BCUT2D eigenvalue weighted by Crippen LogP contribution is 2.26. The first-order valence-corrected chi connectivity index (χ1v) is 8.14. The number of nitrogens with zero attached hydrogens (tertiary/aromatic N) is 2. The Morgan fingerprint density at radius 2 is 2.38 bits per heavy atom. The van der Waals surface area contributed by atoms with E-state index in [2.05, 4.69) is 10.3 Å². The molecule has 1 aliphatic rings. The van der Waals surface area contributed by atoms with Gasteiger partial charge in [0.1, 0.15) is 10.7 Å². The minimum atomic E-state index is 0.00790. The standard InChI is InChI=1S/C15H16ClN3OS/c1-10-8-17-5-6-19(10)15(20)13-9-21-14(18-13)11-3-2-4-12(16)7-11/h2-4,7,9-10,17H,5-6,8H2,1H3. The fourth-order valence-corrected chi connectivity index (χ4v) is 3.40. The molecule has 1 aromatic heterocycles. The molecule has 1 fully saturated rings. The zero-order chi connectivity index (χ0) is 14.8. The zero-order valence-electron chi connectivity index (χ0n) is 11.7. The van der Waals surface area contributed by atoms with Crippen LogP contribution in [0.15, 0.2) is 29.6 Å². The predicted octanol–water partition coefficient (Wildman–Crippen LogP) is 2.90. The zero-order valence-corrected chi connectivity index (χ0v) is 13.2. The van der Waals surface area contributed by atoms with Crippen LogP contribution in [0, 0.1) is 0 Å². The van der Waals surface area contributed by atoms with Crippen molar-refractivity contribution in [3.8, 4) is 10.6 Å². The highest BCUT2D eigenvalue weighted by molar-refractivity contribution is 7.13. The first-order chi connectivity index (χ1) is 10.1. The molecule has 0 spiro atoms. The Bertz CT molecular complexity index is 658. The Morgan fingerprint density at radius 3 is 3.14 bits per heavy atom. The summed E-state index contributed by atoms with van der Waals surface area (Å²) in [6, 6.07) is 7.73. The Morgan fingerprint density at radius 1 is 1.52 bits per heavy atom. The molecule has 0 saturated carbocycles. The van der Waals surface area contributed by atoms with Gasteiger partial charge < -0.3 is 10.2 Å². The third-order valence-electron chi connectivity index (χ3n) is 3.56. The van der Waals surface area contributed by atoms with E-state index >= 15 is 0 Å². The predicted molar refractivity (Wildman–Crippen MR) is 85.9 cm³/mol. The van der Waals surface area contributed by atoms with Crippen LogP contribution in [0.3, 0.4) is 0 Å². The molecular formula is C15H16ClN3OS. The van der Waals surface area contributed by atoms with Crippen LogP contribution in [0.25, 0.3) is 10.6 Å². The van der Waals surface area contributed by atoms with E-state index in [1.54, 1.807) is 0 Å². The number of thiazole rings is 1. The third-order valence-corrected chi connectivity index (χ3v) is 4.68. The minimum Gasteiger partial charge on any atom is -0.332 e. The first-order valence-electron chi connectivity index (χ1n) is 6.88. The minimum absolute atomic E-state index is 0.00790. The van der Waals surface area contributed by atoms with E-state index in [-0.39, 0.29) is 11.9 Å². The van der Waals surface area contributed by atoms with Gasteiger partial charge in [-0.2, -0.15) is 0 Å². The summed E-state index contributed by atoms with van der Waals surface area (Å²) in [6.07, 6.45) is 0. The molecule has 0 radical (unpaired) electrons. The summed E-state index contributed by atoms with van der Waals surface area (Å²) in [5.74, 6) is 0.00790. The molecule has 2 aromatic rings. The number of carbonyl (C=O) groups excluding carboxylic acids is 1. The van der Waals surface area contributed by atoms with Crippen LogP contribution >= 0.6 is 22.9 Å². The van der Waals surface area contributed by atoms with E-state index < -0.39 is 0 Å². The first kappa shape index (κ1) is 14.5. The van der Waals surface area contributed by atoms with E-state index in [1.807, 2.05) is 41.5 Å². The average molecular weight is 322 g/mol. The SMILES string of the molecule is CC1CNCCN1C(=O)c1csc(-c2cccc(Cl)c2)n1. The Labute approximate surface area is 132 Å². The molecule has 1 atom stereocenters. The summed E-state index contributed by atoms with van der Waals surface area (Å²) in [4.78, 5) is 18.9. The van der Waals surface area contributed by atoms with Crippen molar-refractivity contribution in [2.24, 2.45) is 0 Å². The van der Waals surface area contributed by atoms with Crippen LogP contribution in [0.1, 0.15) is 17.4 Å². The van der Waals surface area contributed by atoms with Crippen LogP contribution in [0.4, 0.5) is 0 Å². The Kier molecular flexibility index (Phi) is 4.24. The van der Waals surface area contributed by atoms with Gasteiger partial charge in [0, 0.05) is 41.6 Å². The highest BCUT2D eigenvalue weighted by atomic mass is 35.5. The van der Waals surface area contributed by atoms with E-state index in [0.717, 1.165) is 30.2 Å². The molecule has 1 aliphatic heterocycles. The highest BCUT2D eigenvalue weighted by Gasteiger charge is 2.25. The molecule has 2 heterocycles. The van der Waals surface area contributed by atoms with Crippen molar-refractivity contribution in [1.29, 1.82) is 0 Å². The lowest BCUT2D eigenvalue weighted by Crippen LogP contribution is -2.52. The lowest BCUT2D eigenvalue weighted by Gasteiger charge is -2.33. The van der Waals surface area contributed by atoms with E-state index in [1.165, 1.54) is 11.3 Å². The van der Waals surface area contributed by atoms with Gasteiger partial charge in [-0.15, -0.1) is 11.3 Å². The van der Waals surface area contributed by atoms with Gasteiger partial charge in [0.15, 0.2) is 0 Å². The summed E-state index contributed by atoms with van der Waals surface area (Å²) in [5.41, 5.74) is 1.46. The van der Waals surface area contributed by atoms with Gasteiger partial charge in [-0.3, -0.25) is 4.79 Å². The number of piperazine rings is 1. The van der Waals surface area contributed by atoms with Crippen LogP contribution in [-0.4, -0.2) is 41.5 Å². The van der Waals surface area contributed by atoms with Crippen molar-refractivity contribution in [3.63, 3.8) is 0 Å². The molecule has 21 heavy (non-hydrogen) atoms. The van der Waals surface area contributed by atoms with Gasteiger partial charge in [-0.25, -0.2) is 4.98 Å². The van der Waals surface area contributed by atoms with E-state index in [9.17, 15) is 4.79 Å². The summed E-state index contributed by atoms with van der Waals surface area (Å²) in [6.45, 7) is 4.44. The number of halogens is 1. The topological polar surface area (TPSA) is 45.2 Å². The number of rotatable bonds is 2. The van der Waals surface area contributed by atoms with Crippen molar-refractivity contribution in [2.75, 3.05) is 19.6 Å². The molecule has 1 aromatic carbocycles. The number of hydrogen-bond donors (Lipinski definition) is 1. The largest absolute Gasteiger partial charge is 0.332 e. The second kappa shape index (κ2) is 6.13. The van der Waals surface area contributed by atoms with Crippen molar-refractivity contribution >= 4 is 28.8 Å². The van der Waals surface area contributed by atoms with Gasteiger partial charge >= 0.3 is 0 Å². The molecule has 1 unspecified atom stereocenters. The molecule has 6 heteroatoms. The van der Waals surface area contributed by atoms with Crippen molar-refractivity contribution in [2.45, 2.75) is 13.0 Å². The van der Waals surface area contributed by atoms with Gasteiger partial charge in [0.25, 0.3) is 5.91 Å². The molecule has 110 valence electrons. The molecule has 1 amide bonds. The average Bonchev–Trinajstić information content (AvgIpc) is 2.97. The number of benzene rings is 1. The molecular weight excluding hydrogens is 306 g/mol. The van der Waals surface area contributed by atoms with E-state index in [4.69, 9.17) is 11.6 Å². The summed E-state index contributed by atoms with van der Waals surface area (Å²) >= 11 is 7.47. The van der Waals surface area contributed by atoms with Crippen LogP contribution in [0.2, 0.25) is 5.02 Å². The van der Waals surface area contributed by atoms with Crippen molar-refractivity contribution in [1.82, 2.24) is 15.2 Å². The summed E-state index contributed by atoms with van der Waals surface area (Å²) < 4.78 is 0. The van der Waals surface area contributed by atoms with Crippen LogP contribution in [0.5, 0.6) is 0 Å². The number of carbonyl (C=O) groups is 1. The summed E-state index contributed by atoms with van der Waals surface area (Å²) in [5, 5.41) is 6.60. The molecule has 1 N–H and O–H groups in total. The third kappa shape index (κ3) is 3.10. The number of nitrogens with one attached hydrogen (secondary N) is 1. The van der Waals surface area contributed by atoms with Crippen molar-refractivity contribution < 1.29 is 4.79 Å². The lowest BCUT2D eigenvalue weighted by molar-refractivity contribution is 0.0650. The van der Waals surface area contributed by atoms with Crippen LogP contribution < -0.4 is 5.32 Å². The molecule has 1 saturated heterocycles. The van der Waals surface area contributed by atoms with Gasteiger partial charge in [-0.1, -0.05) is 23.7 Å². The molecule has 0 aliphatic carbocycles. The maximum Gasteiger partial charge on any atom is 0.273 e. The monoisotopic (exact) mass is 321 g/mol. The maximum atomic E-state index is 12.5. The fraction of sp³-hybridized carbons (Fsp3) is 0.333. The van der Waals surface area contributed by atoms with Gasteiger partial charge in [0.2, 0.25) is 0 Å². The summed E-state index contributed by atoms with van der Waals surface area (Å²) in [7, 11) is 0. The van der Waals surface area contributed by atoms with Gasteiger partial charge in [0.05, 0.1) is 0 Å². The lowest BCUT2D eigenvalue weighted by atomic mass is 10.2. The maximum absolute atomic E-state index is 12.5. The number of amides is 1. The second-order valence-corrected chi connectivity index (χ2v) is 6.39. The van der Waals surface area contributed by atoms with Crippen molar-refractivity contribution in [3.05, 3.63) is 40.4 Å². The number of hydrogen-bond acceptors (Lipinski definition) is 4. The second-order valence-electron chi connectivity index (χ2n) is 5.10. The molecule has 0 bridgehead atoms. The molecule has 3 rings (SSSR count). The Balaban J connectivity index is 1.83.